The number of hydrogen-bond acceptors (Lipinski definition) is 3. The summed E-state index contributed by atoms with van der Waals surface area (Å²) in [6.07, 6.45) is -1.48. The van der Waals surface area contributed by atoms with Crippen LogP contribution in [0.5, 0.6) is 0 Å². The van der Waals surface area contributed by atoms with Gasteiger partial charge in [0.25, 0.3) is 0 Å². The number of halogens is 2. The van der Waals surface area contributed by atoms with E-state index in [1.807, 2.05) is 0 Å². The zero-order chi connectivity index (χ0) is 13.3. The van der Waals surface area contributed by atoms with E-state index in [4.69, 9.17) is 11.6 Å². The van der Waals surface area contributed by atoms with Crippen LogP contribution in [0.3, 0.4) is 0 Å². The van der Waals surface area contributed by atoms with Crippen molar-refractivity contribution in [1.29, 1.82) is 0 Å². The highest BCUT2D eigenvalue weighted by molar-refractivity contribution is 7.94. The third-order valence-corrected chi connectivity index (χ3v) is 5.75. The maximum Gasteiger partial charge on any atom is 0.172 e. The lowest BCUT2D eigenvalue weighted by atomic mass is 10.1. The Hall–Kier alpha value is -0.650. The van der Waals surface area contributed by atoms with Crippen LogP contribution in [0.15, 0.2) is 24.3 Å². The van der Waals surface area contributed by atoms with Gasteiger partial charge in [-0.05, 0) is 24.6 Å². The molecule has 0 unspecified atom stereocenters. The summed E-state index contributed by atoms with van der Waals surface area (Å²) in [5.41, 5.74) is 0.138. The molecule has 96 valence electrons. The summed E-state index contributed by atoms with van der Waals surface area (Å²) in [5, 5.41) is 9.96. The molecule has 0 saturated heterocycles. The molecule has 0 bridgehead atoms. The monoisotopic (exact) mass is 280 g/mol. The number of rotatable bonds is 4. The van der Waals surface area contributed by atoms with Gasteiger partial charge in [-0.1, -0.05) is 30.7 Å². The SMILES string of the molecule is CCS(=O)(=O)[C@](C)(Cl)[C@H](O)c1cccc(F)c1. The summed E-state index contributed by atoms with van der Waals surface area (Å²) in [5.74, 6) is -0.748. The van der Waals surface area contributed by atoms with Gasteiger partial charge in [-0.2, -0.15) is 0 Å². The quantitative estimate of drug-likeness (QED) is 0.861. The van der Waals surface area contributed by atoms with E-state index < -0.39 is 26.0 Å². The van der Waals surface area contributed by atoms with Gasteiger partial charge in [0.1, 0.15) is 11.9 Å². The molecule has 2 atom stereocenters. The zero-order valence-electron chi connectivity index (χ0n) is 9.52. The van der Waals surface area contributed by atoms with Crippen LogP contribution in [0, 0.1) is 5.82 Å². The fraction of sp³-hybridized carbons (Fsp3) is 0.455. The molecule has 17 heavy (non-hydrogen) atoms. The van der Waals surface area contributed by atoms with Crippen LogP contribution in [0.4, 0.5) is 4.39 Å². The van der Waals surface area contributed by atoms with Crippen molar-refractivity contribution >= 4 is 21.4 Å². The predicted octanol–water partition coefficient (Wildman–Crippen LogP) is 2.25. The molecule has 0 aliphatic rings. The second-order valence-corrected chi connectivity index (χ2v) is 7.51. The van der Waals surface area contributed by atoms with Crippen molar-refractivity contribution in [3.63, 3.8) is 0 Å². The number of benzene rings is 1. The molecular formula is C11H14ClFO3S. The minimum Gasteiger partial charge on any atom is -0.385 e. The maximum atomic E-state index is 13.0. The third kappa shape index (κ3) is 2.78. The van der Waals surface area contributed by atoms with E-state index >= 15 is 0 Å². The number of aliphatic hydroxyl groups is 1. The second kappa shape index (κ2) is 4.92. The summed E-state index contributed by atoms with van der Waals surface area (Å²) in [4.78, 5) is 0. The summed E-state index contributed by atoms with van der Waals surface area (Å²) in [6.45, 7) is 2.65. The molecule has 1 rings (SSSR count). The van der Waals surface area contributed by atoms with Gasteiger partial charge in [0.15, 0.2) is 14.0 Å². The molecule has 3 nitrogen and oxygen atoms in total. The highest BCUT2D eigenvalue weighted by Crippen LogP contribution is 2.37. The highest BCUT2D eigenvalue weighted by atomic mass is 35.5. The lowest BCUT2D eigenvalue weighted by molar-refractivity contribution is 0.162. The number of sulfone groups is 1. The highest BCUT2D eigenvalue weighted by Gasteiger charge is 2.43. The molecule has 1 N–H and O–H groups in total. The molecule has 1 aromatic rings. The van der Waals surface area contributed by atoms with Gasteiger partial charge in [0.05, 0.1) is 0 Å². The van der Waals surface area contributed by atoms with Crippen molar-refractivity contribution in [2.45, 2.75) is 24.2 Å². The van der Waals surface area contributed by atoms with E-state index in [-0.39, 0.29) is 11.3 Å². The molecule has 0 heterocycles. The van der Waals surface area contributed by atoms with Crippen molar-refractivity contribution < 1.29 is 17.9 Å². The Labute approximate surface area is 105 Å². The van der Waals surface area contributed by atoms with E-state index in [1.165, 1.54) is 32.0 Å². The fourth-order valence-electron chi connectivity index (χ4n) is 1.43. The minimum atomic E-state index is -3.66. The van der Waals surface area contributed by atoms with E-state index in [9.17, 15) is 17.9 Å². The molecule has 0 aliphatic carbocycles. The minimum absolute atomic E-state index is 0.138. The van der Waals surface area contributed by atoms with Crippen LogP contribution in [-0.4, -0.2) is 23.5 Å². The molecule has 6 heteroatoms. The van der Waals surface area contributed by atoms with Gasteiger partial charge < -0.3 is 5.11 Å². The predicted molar refractivity (Wildman–Crippen MR) is 65.1 cm³/mol. The smallest absolute Gasteiger partial charge is 0.172 e. The summed E-state index contributed by atoms with van der Waals surface area (Å²) in [7, 11) is -3.66. The van der Waals surface area contributed by atoms with E-state index in [2.05, 4.69) is 0 Å². The number of aliphatic hydroxyl groups excluding tert-OH is 1. The summed E-state index contributed by atoms with van der Waals surface area (Å²) >= 11 is 5.90. The van der Waals surface area contributed by atoms with Crippen LogP contribution >= 0.6 is 11.6 Å². The molecular weight excluding hydrogens is 267 g/mol. The standard InChI is InChI=1S/C11H14ClFO3S/c1-3-17(15,16)11(2,12)10(14)8-5-4-6-9(13)7-8/h4-7,10,14H,3H2,1-2H3/t10-,11+/m1/s1. The van der Waals surface area contributed by atoms with Gasteiger partial charge in [0, 0.05) is 5.75 Å². The zero-order valence-corrected chi connectivity index (χ0v) is 11.1. The fourth-order valence-corrected chi connectivity index (χ4v) is 2.92. The molecule has 0 aromatic heterocycles. The Balaban J connectivity index is 3.17. The summed E-state index contributed by atoms with van der Waals surface area (Å²) < 4.78 is 34.6. The Bertz CT molecular complexity index is 499. The van der Waals surface area contributed by atoms with Crippen molar-refractivity contribution in [2.75, 3.05) is 5.75 Å². The van der Waals surface area contributed by atoms with Crippen molar-refractivity contribution in [3.05, 3.63) is 35.6 Å². The van der Waals surface area contributed by atoms with Crippen LogP contribution in [-0.2, 0) is 9.84 Å². The normalized spacial score (nSPS) is 17.5. The van der Waals surface area contributed by atoms with Crippen LogP contribution in [0.2, 0.25) is 0 Å². The lowest BCUT2D eigenvalue weighted by Crippen LogP contribution is -2.37. The van der Waals surface area contributed by atoms with E-state index in [1.54, 1.807) is 0 Å². The van der Waals surface area contributed by atoms with Gasteiger partial charge >= 0.3 is 0 Å². The van der Waals surface area contributed by atoms with Crippen LogP contribution in [0.25, 0.3) is 0 Å². The first kappa shape index (κ1) is 14.4. The Morgan fingerprint density at radius 3 is 2.59 bits per heavy atom. The third-order valence-electron chi connectivity index (χ3n) is 2.64. The van der Waals surface area contributed by atoms with Crippen molar-refractivity contribution in [2.24, 2.45) is 0 Å². The van der Waals surface area contributed by atoms with Crippen molar-refractivity contribution in [1.82, 2.24) is 0 Å². The molecule has 0 amide bonds. The Morgan fingerprint density at radius 2 is 2.12 bits per heavy atom. The molecule has 0 radical (unpaired) electrons. The van der Waals surface area contributed by atoms with Gasteiger partial charge in [-0.3, -0.25) is 0 Å². The molecule has 0 fully saturated rings. The Kier molecular flexibility index (Phi) is 4.17. The van der Waals surface area contributed by atoms with Gasteiger partial charge in [-0.25, -0.2) is 12.8 Å². The number of alkyl halides is 1. The first-order chi connectivity index (χ1) is 7.72. The average molecular weight is 281 g/mol. The van der Waals surface area contributed by atoms with E-state index in [0.29, 0.717) is 0 Å². The second-order valence-electron chi connectivity index (χ2n) is 3.85. The van der Waals surface area contributed by atoms with E-state index in [0.717, 1.165) is 6.07 Å². The topological polar surface area (TPSA) is 54.4 Å². The van der Waals surface area contributed by atoms with Crippen LogP contribution in [0.1, 0.15) is 25.5 Å². The Morgan fingerprint density at radius 1 is 1.53 bits per heavy atom. The molecule has 0 saturated carbocycles. The molecule has 1 aromatic carbocycles. The lowest BCUT2D eigenvalue weighted by Gasteiger charge is -2.27. The number of hydrogen-bond donors (Lipinski definition) is 1. The first-order valence-electron chi connectivity index (χ1n) is 5.07. The van der Waals surface area contributed by atoms with Crippen LogP contribution < -0.4 is 0 Å². The first-order valence-corrected chi connectivity index (χ1v) is 7.10. The summed E-state index contributed by atoms with van der Waals surface area (Å²) in [6, 6.07) is 5.09. The largest absolute Gasteiger partial charge is 0.385 e. The van der Waals surface area contributed by atoms with Crippen molar-refractivity contribution in [3.8, 4) is 0 Å². The molecule has 0 spiro atoms. The maximum absolute atomic E-state index is 13.0. The van der Waals surface area contributed by atoms with Gasteiger partial charge in [-0.15, -0.1) is 0 Å². The molecule has 0 aliphatic heterocycles. The van der Waals surface area contributed by atoms with Gasteiger partial charge in [0.2, 0.25) is 0 Å². The average Bonchev–Trinajstić information content (AvgIpc) is 2.27.